The van der Waals surface area contributed by atoms with E-state index in [1.807, 2.05) is 6.92 Å². The van der Waals surface area contributed by atoms with Crippen LogP contribution >= 0.6 is 0 Å². The number of rotatable bonds is 5. The van der Waals surface area contributed by atoms with Gasteiger partial charge in [-0.1, -0.05) is 0 Å². The highest BCUT2D eigenvalue weighted by atomic mass is 16.6. The van der Waals surface area contributed by atoms with E-state index in [-0.39, 0.29) is 17.6 Å². The van der Waals surface area contributed by atoms with Crippen LogP contribution in [0, 0.1) is 16.0 Å². The molecule has 2 atom stereocenters. The van der Waals surface area contributed by atoms with Crippen LogP contribution in [0.15, 0.2) is 18.2 Å². The summed E-state index contributed by atoms with van der Waals surface area (Å²) in [5.74, 6) is 0.147. The third-order valence-electron chi connectivity index (χ3n) is 4.63. The van der Waals surface area contributed by atoms with Gasteiger partial charge in [0, 0.05) is 30.3 Å². The van der Waals surface area contributed by atoms with Crippen LogP contribution in [0.1, 0.15) is 36.5 Å². The van der Waals surface area contributed by atoms with Gasteiger partial charge < -0.3 is 16.0 Å². The molecule has 7 heteroatoms. The van der Waals surface area contributed by atoms with Crippen molar-refractivity contribution in [2.75, 3.05) is 18.4 Å². The number of amides is 1. The standard InChI is InChI=1S/C16H22N4O3/c1-10-6-11(8-17)9-19(10)16(21)12-2-5-14(18-13-3-4-13)15(7-12)20(22)23/h2,5,7,10-11,13,18H,3-4,6,8-9,17H2,1H3. The first kappa shape index (κ1) is 15.7. The van der Waals surface area contributed by atoms with E-state index >= 15 is 0 Å². The largest absolute Gasteiger partial charge is 0.377 e. The highest BCUT2D eigenvalue weighted by Crippen LogP contribution is 2.32. The molecule has 2 aliphatic rings. The Morgan fingerprint density at radius 3 is 2.78 bits per heavy atom. The minimum absolute atomic E-state index is 0.0371. The van der Waals surface area contributed by atoms with Crippen molar-refractivity contribution in [3.05, 3.63) is 33.9 Å². The Labute approximate surface area is 135 Å². The average molecular weight is 318 g/mol. The van der Waals surface area contributed by atoms with Gasteiger partial charge in [0.15, 0.2) is 0 Å². The topological polar surface area (TPSA) is 102 Å². The lowest BCUT2D eigenvalue weighted by molar-refractivity contribution is -0.384. The van der Waals surface area contributed by atoms with Crippen molar-refractivity contribution >= 4 is 17.3 Å². The van der Waals surface area contributed by atoms with E-state index in [1.54, 1.807) is 17.0 Å². The van der Waals surface area contributed by atoms with Crippen molar-refractivity contribution < 1.29 is 9.72 Å². The number of anilines is 1. The lowest BCUT2D eigenvalue weighted by Gasteiger charge is -2.21. The summed E-state index contributed by atoms with van der Waals surface area (Å²) in [7, 11) is 0. The Bertz CT molecular complexity index is 630. The second kappa shape index (κ2) is 6.16. The van der Waals surface area contributed by atoms with Crippen LogP contribution in [0.25, 0.3) is 0 Å². The highest BCUT2D eigenvalue weighted by Gasteiger charge is 2.33. The SMILES string of the molecule is CC1CC(CN)CN1C(=O)c1ccc(NC2CC2)c([N+](=O)[O-])c1. The highest BCUT2D eigenvalue weighted by molar-refractivity contribution is 5.96. The maximum atomic E-state index is 12.7. The summed E-state index contributed by atoms with van der Waals surface area (Å²) < 4.78 is 0. The Balaban J connectivity index is 1.83. The zero-order chi connectivity index (χ0) is 16.6. The first-order valence-electron chi connectivity index (χ1n) is 8.05. The molecule has 23 heavy (non-hydrogen) atoms. The minimum Gasteiger partial charge on any atom is -0.377 e. The zero-order valence-electron chi connectivity index (χ0n) is 13.2. The summed E-state index contributed by atoms with van der Waals surface area (Å²) in [6, 6.07) is 5.13. The molecule has 1 heterocycles. The third kappa shape index (κ3) is 3.29. The van der Waals surface area contributed by atoms with Crippen LogP contribution in [0.3, 0.4) is 0 Å². The summed E-state index contributed by atoms with van der Waals surface area (Å²) >= 11 is 0. The maximum Gasteiger partial charge on any atom is 0.293 e. The number of nitrogens with two attached hydrogens (primary N) is 1. The third-order valence-corrected chi connectivity index (χ3v) is 4.63. The summed E-state index contributed by atoms with van der Waals surface area (Å²) in [6.07, 6.45) is 2.94. The van der Waals surface area contributed by atoms with Crippen molar-refractivity contribution in [3.63, 3.8) is 0 Å². The molecular weight excluding hydrogens is 296 g/mol. The Kier molecular flexibility index (Phi) is 4.21. The van der Waals surface area contributed by atoms with Gasteiger partial charge in [0.25, 0.3) is 11.6 Å². The van der Waals surface area contributed by atoms with Gasteiger partial charge in [-0.25, -0.2) is 0 Å². The molecule has 3 N–H and O–H groups in total. The molecule has 1 aliphatic heterocycles. The molecule has 1 saturated carbocycles. The molecule has 0 bridgehead atoms. The second-order valence-electron chi connectivity index (χ2n) is 6.55. The van der Waals surface area contributed by atoms with Crippen LogP contribution in [-0.2, 0) is 0 Å². The molecule has 0 radical (unpaired) electrons. The molecule has 2 unspecified atom stereocenters. The second-order valence-corrected chi connectivity index (χ2v) is 6.55. The number of nitrogens with one attached hydrogen (secondary N) is 1. The molecule has 2 fully saturated rings. The van der Waals surface area contributed by atoms with E-state index < -0.39 is 4.92 Å². The van der Waals surface area contributed by atoms with Crippen molar-refractivity contribution in [1.29, 1.82) is 0 Å². The van der Waals surface area contributed by atoms with E-state index in [9.17, 15) is 14.9 Å². The summed E-state index contributed by atoms with van der Waals surface area (Å²) in [6.45, 7) is 3.16. The molecule has 1 saturated heterocycles. The number of hydrogen-bond donors (Lipinski definition) is 2. The van der Waals surface area contributed by atoms with Gasteiger partial charge in [-0.2, -0.15) is 0 Å². The van der Waals surface area contributed by atoms with Gasteiger partial charge in [0.2, 0.25) is 0 Å². The van der Waals surface area contributed by atoms with Crippen LogP contribution in [0.5, 0.6) is 0 Å². The molecular formula is C16H22N4O3. The van der Waals surface area contributed by atoms with Crippen LogP contribution in [0.4, 0.5) is 11.4 Å². The fourth-order valence-electron chi connectivity index (χ4n) is 3.15. The number of carbonyl (C=O) groups is 1. The molecule has 7 nitrogen and oxygen atoms in total. The smallest absolute Gasteiger partial charge is 0.293 e. The molecule has 1 aliphatic carbocycles. The Hall–Kier alpha value is -2.15. The lowest BCUT2D eigenvalue weighted by Crippen LogP contribution is -2.34. The fraction of sp³-hybridized carbons (Fsp3) is 0.562. The van der Waals surface area contributed by atoms with Crippen molar-refractivity contribution in [1.82, 2.24) is 4.90 Å². The molecule has 3 rings (SSSR count). The molecule has 124 valence electrons. The quantitative estimate of drug-likeness (QED) is 0.638. The molecule has 1 aromatic carbocycles. The predicted molar refractivity (Wildman–Crippen MR) is 87.4 cm³/mol. The Morgan fingerprint density at radius 2 is 2.22 bits per heavy atom. The number of hydrogen-bond acceptors (Lipinski definition) is 5. The normalized spacial score (nSPS) is 23.8. The van der Waals surface area contributed by atoms with E-state index in [1.165, 1.54) is 6.07 Å². The number of likely N-dealkylation sites (tertiary alicyclic amines) is 1. The van der Waals surface area contributed by atoms with Gasteiger partial charge in [0.05, 0.1) is 4.92 Å². The Morgan fingerprint density at radius 1 is 1.48 bits per heavy atom. The van der Waals surface area contributed by atoms with E-state index in [2.05, 4.69) is 5.32 Å². The van der Waals surface area contributed by atoms with Crippen molar-refractivity contribution in [2.45, 2.75) is 38.3 Å². The van der Waals surface area contributed by atoms with Gasteiger partial charge in [-0.05, 0) is 50.8 Å². The lowest BCUT2D eigenvalue weighted by atomic mass is 10.1. The first-order chi connectivity index (χ1) is 11.0. The predicted octanol–water partition coefficient (Wildman–Crippen LogP) is 1.98. The van der Waals surface area contributed by atoms with Gasteiger partial charge in [0.1, 0.15) is 5.69 Å². The minimum atomic E-state index is -0.433. The summed E-state index contributed by atoms with van der Waals surface area (Å²) in [5, 5.41) is 14.4. The van der Waals surface area contributed by atoms with Crippen LogP contribution in [0.2, 0.25) is 0 Å². The van der Waals surface area contributed by atoms with Crippen molar-refractivity contribution in [2.24, 2.45) is 11.7 Å². The number of nitro groups is 1. The molecule has 1 amide bonds. The molecule has 1 aromatic rings. The number of benzene rings is 1. The monoisotopic (exact) mass is 318 g/mol. The maximum absolute atomic E-state index is 12.7. The molecule has 0 aromatic heterocycles. The van der Waals surface area contributed by atoms with Gasteiger partial charge in [-0.3, -0.25) is 14.9 Å². The first-order valence-corrected chi connectivity index (χ1v) is 8.05. The number of nitro benzene ring substituents is 1. The average Bonchev–Trinajstić information content (AvgIpc) is 3.26. The van der Waals surface area contributed by atoms with Crippen LogP contribution < -0.4 is 11.1 Å². The van der Waals surface area contributed by atoms with Gasteiger partial charge >= 0.3 is 0 Å². The van der Waals surface area contributed by atoms with E-state index in [4.69, 9.17) is 5.73 Å². The number of nitrogens with zero attached hydrogens (tertiary/aromatic N) is 2. The summed E-state index contributed by atoms with van der Waals surface area (Å²) in [5.41, 5.74) is 6.51. The van der Waals surface area contributed by atoms with Crippen LogP contribution in [-0.4, -0.2) is 40.9 Å². The van der Waals surface area contributed by atoms with Gasteiger partial charge in [-0.15, -0.1) is 0 Å². The zero-order valence-corrected chi connectivity index (χ0v) is 13.2. The fourth-order valence-corrected chi connectivity index (χ4v) is 3.15. The van der Waals surface area contributed by atoms with E-state index in [0.29, 0.717) is 36.3 Å². The van der Waals surface area contributed by atoms with E-state index in [0.717, 1.165) is 19.3 Å². The molecule has 0 spiro atoms. The van der Waals surface area contributed by atoms with Crippen molar-refractivity contribution in [3.8, 4) is 0 Å². The number of carbonyl (C=O) groups excluding carboxylic acids is 1. The summed E-state index contributed by atoms with van der Waals surface area (Å²) in [4.78, 5) is 25.3.